The van der Waals surface area contributed by atoms with Crippen molar-refractivity contribution >= 4 is 0 Å². The molecule has 0 heterocycles. The molecule has 0 aromatic carbocycles. The van der Waals surface area contributed by atoms with Gasteiger partial charge in [-0.2, -0.15) is 17.2 Å². The Kier molecular flexibility index (Phi) is 4.48. The number of allylic oxidation sites excluding steroid dienone is 8. The van der Waals surface area contributed by atoms with Gasteiger partial charge in [-0.25, -0.2) is 0 Å². The Morgan fingerprint density at radius 1 is 1.19 bits per heavy atom. The third kappa shape index (κ3) is 2.45. The van der Waals surface area contributed by atoms with E-state index in [0.29, 0.717) is 5.92 Å². The Hall–Kier alpha value is -0.443. The zero-order valence-electron chi connectivity index (χ0n) is 11.1. The Morgan fingerprint density at radius 3 is 2.50 bits per heavy atom. The molecule has 0 aromatic heterocycles. The summed E-state index contributed by atoms with van der Waals surface area (Å²) >= 11 is 0. The normalized spacial score (nSPS) is 19.7. The second-order valence-electron chi connectivity index (χ2n) is 4.91. The van der Waals surface area contributed by atoms with Gasteiger partial charge in [0.2, 0.25) is 0 Å². The summed E-state index contributed by atoms with van der Waals surface area (Å²) in [5.74, 6) is 0.647. The van der Waals surface area contributed by atoms with Crippen LogP contribution in [0.4, 0.5) is 0 Å². The third-order valence-corrected chi connectivity index (χ3v) is 3.41. The van der Waals surface area contributed by atoms with E-state index < -0.39 is 0 Å². The van der Waals surface area contributed by atoms with Gasteiger partial charge in [0, 0.05) is 0 Å². The van der Waals surface area contributed by atoms with Crippen LogP contribution in [0.25, 0.3) is 0 Å². The predicted molar refractivity (Wildman–Crippen MR) is 65.4 cm³/mol. The van der Waals surface area contributed by atoms with Gasteiger partial charge >= 0.3 is 18.9 Å². The molecule has 0 aliphatic heterocycles. The van der Waals surface area contributed by atoms with E-state index in [9.17, 15) is 0 Å². The van der Waals surface area contributed by atoms with Gasteiger partial charge in [-0.3, -0.25) is 0 Å². The molecule has 80 valence electrons. The number of rotatable bonds is 1. The maximum Gasteiger partial charge on any atom is 1.00 e. The minimum Gasteiger partial charge on any atom is -0.197 e. The molecule has 1 heteroatoms. The van der Waals surface area contributed by atoms with Crippen LogP contribution in [-0.4, -0.2) is 0 Å². The van der Waals surface area contributed by atoms with Gasteiger partial charge < -0.3 is 0 Å². The molecule has 0 saturated heterocycles. The van der Waals surface area contributed by atoms with Gasteiger partial charge in [-0.05, 0) is 5.92 Å². The van der Waals surface area contributed by atoms with Crippen molar-refractivity contribution in [3.8, 4) is 0 Å². The summed E-state index contributed by atoms with van der Waals surface area (Å²) in [6.07, 6.45) is 10.2. The van der Waals surface area contributed by atoms with Crippen LogP contribution in [0.1, 0.15) is 40.5 Å². The molecule has 2 aliphatic carbocycles. The van der Waals surface area contributed by atoms with Crippen LogP contribution in [0, 0.1) is 12.0 Å². The topological polar surface area (TPSA) is 0 Å². The number of hydrogen-bond donors (Lipinski definition) is 0. The SMILES string of the molecule is CC1=CC=C(C(C)C)CC2=C(C)C[C-]=C12.[Li+]. The second-order valence-corrected chi connectivity index (χ2v) is 4.91. The van der Waals surface area contributed by atoms with Crippen LogP contribution in [0.2, 0.25) is 0 Å². The fourth-order valence-corrected chi connectivity index (χ4v) is 2.24. The third-order valence-electron chi connectivity index (χ3n) is 3.41. The van der Waals surface area contributed by atoms with Crippen molar-refractivity contribution in [2.75, 3.05) is 0 Å². The van der Waals surface area contributed by atoms with Crippen molar-refractivity contribution in [1.29, 1.82) is 0 Å². The first kappa shape index (κ1) is 13.6. The maximum absolute atomic E-state index is 3.50. The largest absolute Gasteiger partial charge is 1.00 e. The van der Waals surface area contributed by atoms with E-state index in [1.807, 2.05) is 0 Å². The first-order valence-electron chi connectivity index (χ1n) is 5.77. The molecular weight excluding hydrogens is 187 g/mol. The average Bonchev–Trinajstić information content (AvgIpc) is 2.43. The van der Waals surface area contributed by atoms with Gasteiger partial charge in [-0.15, -0.1) is 17.2 Å². The van der Waals surface area contributed by atoms with Crippen LogP contribution in [-0.2, 0) is 0 Å². The molecule has 0 aromatic rings. The van der Waals surface area contributed by atoms with Gasteiger partial charge in [-0.1, -0.05) is 52.2 Å². The van der Waals surface area contributed by atoms with E-state index in [1.54, 1.807) is 5.57 Å². The standard InChI is InChI=1S/C15H19.Li/c1-10(2)13-7-5-11(3)14-8-6-12(4)15(14)9-13;/h5,7,10H,6,9H2,1-4H3;/q-1;+1. The van der Waals surface area contributed by atoms with E-state index in [4.69, 9.17) is 0 Å². The van der Waals surface area contributed by atoms with E-state index in [2.05, 4.69) is 45.9 Å². The fraction of sp³-hybridized carbons (Fsp3) is 0.467. The summed E-state index contributed by atoms with van der Waals surface area (Å²) < 4.78 is 0. The zero-order chi connectivity index (χ0) is 11.0. The van der Waals surface area contributed by atoms with Crippen molar-refractivity contribution in [3.63, 3.8) is 0 Å². The molecule has 0 N–H and O–H groups in total. The summed E-state index contributed by atoms with van der Waals surface area (Å²) in [4.78, 5) is 0. The van der Waals surface area contributed by atoms with Gasteiger partial charge in [0.1, 0.15) is 0 Å². The Morgan fingerprint density at radius 2 is 1.88 bits per heavy atom. The van der Waals surface area contributed by atoms with Crippen LogP contribution in [0.15, 0.2) is 40.0 Å². The van der Waals surface area contributed by atoms with Crippen molar-refractivity contribution in [2.45, 2.75) is 40.5 Å². The minimum absolute atomic E-state index is 0. The molecule has 16 heavy (non-hydrogen) atoms. The van der Waals surface area contributed by atoms with Crippen LogP contribution in [0.5, 0.6) is 0 Å². The van der Waals surface area contributed by atoms with Crippen molar-refractivity contribution in [3.05, 3.63) is 46.1 Å². The summed E-state index contributed by atoms with van der Waals surface area (Å²) in [5.41, 5.74) is 7.33. The number of fused-ring (bicyclic) bond motifs is 1. The van der Waals surface area contributed by atoms with E-state index >= 15 is 0 Å². The molecule has 0 saturated carbocycles. The average molecular weight is 206 g/mol. The molecule has 0 nitrogen and oxygen atoms in total. The maximum atomic E-state index is 3.50. The summed E-state index contributed by atoms with van der Waals surface area (Å²) in [6.45, 7) is 8.99. The number of hydrogen-bond acceptors (Lipinski definition) is 0. The Bertz CT molecular complexity index is 403. The van der Waals surface area contributed by atoms with Gasteiger partial charge in [0.15, 0.2) is 0 Å². The first-order chi connectivity index (χ1) is 7.09. The van der Waals surface area contributed by atoms with Gasteiger partial charge in [0.25, 0.3) is 0 Å². The van der Waals surface area contributed by atoms with Crippen LogP contribution < -0.4 is 18.9 Å². The molecule has 2 rings (SSSR count). The molecule has 0 fully saturated rings. The van der Waals surface area contributed by atoms with Crippen LogP contribution >= 0.6 is 0 Å². The van der Waals surface area contributed by atoms with Crippen LogP contribution in [0.3, 0.4) is 0 Å². The fourth-order valence-electron chi connectivity index (χ4n) is 2.24. The second kappa shape index (κ2) is 5.26. The monoisotopic (exact) mass is 206 g/mol. The van der Waals surface area contributed by atoms with Crippen molar-refractivity contribution < 1.29 is 18.9 Å². The molecule has 0 atom stereocenters. The van der Waals surface area contributed by atoms with Crippen molar-refractivity contribution in [1.82, 2.24) is 0 Å². The Labute approximate surface area is 111 Å². The summed E-state index contributed by atoms with van der Waals surface area (Å²) in [7, 11) is 0. The van der Waals surface area contributed by atoms with Crippen molar-refractivity contribution in [2.24, 2.45) is 5.92 Å². The molecular formula is C15H19Li. The van der Waals surface area contributed by atoms with Gasteiger partial charge in [0.05, 0.1) is 0 Å². The first-order valence-corrected chi connectivity index (χ1v) is 5.77. The molecule has 0 amide bonds. The minimum atomic E-state index is 0. The van der Waals surface area contributed by atoms with E-state index in [1.165, 1.54) is 22.3 Å². The zero-order valence-corrected chi connectivity index (χ0v) is 11.1. The Balaban J connectivity index is 0.00000128. The molecule has 2 aliphatic rings. The predicted octanol–water partition coefficient (Wildman–Crippen LogP) is 1.37. The molecule has 0 spiro atoms. The van der Waals surface area contributed by atoms with E-state index in [0.717, 1.165) is 12.8 Å². The summed E-state index contributed by atoms with van der Waals surface area (Å²) in [6, 6.07) is 0. The molecule has 0 unspecified atom stereocenters. The molecule has 0 bridgehead atoms. The quantitative estimate of drug-likeness (QED) is 0.449. The smallest absolute Gasteiger partial charge is 0.197 e. The summed E-state index contributed by atoms with van der Waals surface area (Å²) in [5, 5.41) is 0. The molecule has 0 radical (unpaired) electrons. The van der Waals surface area contributed by atoms with E-state index in [-0.39, 0.29) is 18.9 Å².